The van der Waals surface area contributed by atoms with Crippen LogP contribution in [-0.2, 0) is 24.3 Å². The molecule has 37 heavy (non-hydrogen) atoms. The zero-order valence-electron chi connectivity index (χ0n) is 22.2. The number of carbonyl (C=O) groups is 2. The third kappa shape index (κ3) is 6.02. The molecule has 0 amide bonds. The van der Waals surface area contributed by atoms with Gasteiger partial charge in [-0.05, 0) is 68.5 Å². The van der Waals surface area contributed by atoms with Gasteiger partial charge in [-0.1, -0.05) is 24.6 Å². The number of carbonyl (C=O) groups excluding carboxylic acids is 2. The number of pyridine rings is 1. The number of methoxy groups -OCH3 is 1. The smallest absolute Gasteiger partial charge is 0.355 e. The van der Waals surface area contributed by atoms with Gasteiger partial charge in [-0.15, -0.1) is 0 Å². The molecule has 0 saturated heterocycles. The Morgan fingerprint density at radius 2 is 1.70 bits per heavy atom. The van der Waals surface area contributed by atoms with Crippen LogP contribution >= 0.6 is 0 Å². The van der Waals surface area contributed by atoms with E-state index in [1.54, 1.807) is 38.2 Å². The zero-order chi connectivity index (χ0) is 27.5. The molecule has 10 heteroatoms. The van der Waals surface area contributed by atoms with Gasteiger partial charge in [-0.3, -0.25) is 4.79 Å². The summed E-state index contributed by atoms with van der Waals surface area (Å²) in [5.41, 5.74) is 4.01. The molecule has 1 aromatic carbocycles. The molecule has 0 aliphatic rings. The fraction of sp³-hybridized carbons (Fsp3) is 0.370. The normalized spacial score (nSPS) is 12.2. The van der Waals surface area contributed by atoms with E-state index in [1.807, 2.05) is 20.8 Å². The van der Waals surface area contributed by atoms with Gasteiger partial charge in [0.2, 0.25) is 0 Å². The standard InChI is InChI=1S/C27H33N3O6S/c1-8-22(15-36-20(6)31)29-25-12-23(19(5)13-28-25)21-11-24(27(32)35-7)30(14-21)37(33,34)26-17(3)9-16(2)10-18(26)4/h9-14,22H,8,15H2,1-7H3,(H,28,29). The van der Waals surface area contributed by atoms with Crippen molar-refractivity contribution >= 4 is 27.8 Å². The number of esters is 2. The minimum absolute atomic E-state index is 0.108. The molecule has 0 fully saturated rings. The van der Waals surface area contributed by atoms with Crippen LogP contribution in [0.5, 0.6) is 0 Å². The van der Waals surface area contributed by atoms with E-state index in [1.165, 1.54) is 26.3 Å². The third-order valence-corrected chi connectivity index (χ3v) is 8.03. The Morgan fingerprint density at radius 3 is 2.27 bits per heavy atom. The first-order valence-corrected chi connectivity index (χ1v) is 13.3. The maximum Gasteiger partial charge on any atom is 0.355 e. The molecular weight excluding hydrogens is 494 g/mol. The van der Waals surface area contributed by atoms with Crippen molar-refractivity contribution in [2.45, 2.75) is 58.9 Å². The van der Waals surface area contributed by atoms with Crippen molar-refractivity contribution in [1.29, 1.82) is 0 Å². The number of hydrogen-bond donors (Lipinski definition) is 1. The number of nitrogens with one attached hydrogen (secondary N) is 1. The summed E-state index contributed by atoms with van der Waals surface area (Å²) < 4.78 is 38.7. The van der Waals surface area contributed by atoms with Crippen molar-refractivity contribution in [3.05, 3.63) is 64.6 Å². The van der Waals surface area contributed by atoms with Gasteiger partial charge in [0.15, 0.2) is 0 Å². The van der Waals surface area contributed by atoms with Crippen LogP contribution in [0.1, 0.15) is 53.0 Å². The quantitative estimate of drug-likeness (QED) is 0.403. The van der Waals surface area contributed by atoms with Crippen molar-refractivity contribution < 1.29 is 27.5 Å². The summed E-state index contributed by atoms with van der Waals surface area (Å²) in [5.74, 6) is -0.607. The molecule has 198 valence electrons. The molecule has 0 saturated carbocycles. The summed E-state index contributed by atoms with van der Waals surface area (Å²) in [7, 11) is -2.90. The topological polar surface area (TPSA) is 117 Å². The largest absolute Gasteiger partial charge is 0.464 e. The molecule has 9 nitrogen and oxygen atoms in total. The second kappa shape index (κ2) is 11.2. The Kier molecular flexibility index (Phi) is 8.42. The lowest BCUT2D eigenvalue weighted by molar-refractivity contribution is -0.141. The van der Waals surface area contributed by atoms with Crippen LogP contribution in [0.25, 0.3) is 11.1 Å². The molecule has 1 N–H and O–H groups in total. The van der Waals surface area contributed by atoms with Gasteiger partial charge in [0.05, 0.1) is 18.0 Å². The Labute approximate surface area is 217 Å². The van der Waals surface area contributed by atoms with Gasteiger partial charge >= 0.3 is 11.9 Å². The summed E-state index contributed by atoms with van der Waals surface area (Å²) in [6.07, 6.45) is 3.78. The maximum absolute atomic E-state index is 13.8. The Bertz CT molecular complexity index is 1420. The number of aryl methyl sites for hydroxylation is 4. The van der Waals surface area contributed by atoms with Crippen molar-refractivity contribution in [1.82, 2.24) is 8.96 Å². The minimum atomic E-state index is -4.12. The Hall–Kier alpha value is -3.66. The number of benzene rings is 1. The molecule has 0 aliphatic carbocycles. The van der Waals surface area contributed by atoms with Crippen LogP contribution in [0.4, 0.5) is 5.82 Å². The van der Waals surface area contributed by atoms with E-state index in [2.05, 4.69) is 10.3 Å². The van der Waals surface area contributed by atoms with Crippen LogP contribution in [0.3, 0.4) is 0 Å². The van der Waals surface area contributed by atoms with Gasteiger partial charge < -0.3 is 14.8 Å². The lowest BCUT2D eigenvalue weighted by Crippen LogP contribution is -2.26. The molecule has 0 radical (unpaired) electrons. The maximum atomic E-state index is 13.8. The van der Waals surface area contributed by atoms with Crippen LogP contribution in [0.15, 0.2) is 41.6 Å². The second-order valence-electron chi connectivity index (χ2n) is 9.07. The Balaban J connectivity index is 2.11. The second-order valence-corrected chi connectivity index (χ2v) is 10.8. The number of anilines is 1. The average Bonchev–Trinajstić information content (AvgIpc) is 3.27. The molecule has 0 spiro atoms. The van der Waals surface area contributed by atoms with Gasteiger partial charge in [-0.2, -0.15) is 0 Å². The molecule has 0 bridgehead atoms. The Morgan fingerprint density at radius 1 is 1.05 bits per heavy atom. The van der Waals surface area contributed by atoms with Crippen LogP contribution in [0, 0.1) is 27.7 Å². The van der Waals surface area contributed by atoms with E-state index < -0.39 is 16.0 Å². The van der Waals surface area contributed by atoms with Crippen molar-refractivity contribution in [2.75, 3.05) is 19.0 Å². The molecule has 0 aliphatic heterocycles. The summed E-state index contributed by atoms with van der Waals surface area (Å²) >= 11 is 0. The van der Waals surface area contributed by atoms with E-state index in [0.717, 1.165) is 15.1 Å². The highest BCUT2D eigenvalue weighted by Crippen LogP contribution is 2.32. The number of nitrogens with zero attached hydrogens (tertiary/aromatic N) is 2. The van der Waals surface area contributed by atoms with Crippen LogP contribution < -0.4 is 5.32 Å². The van der Waals surface area contributed by atoms with Gasteiger partial charge in [0, 0.05) is 24.9 Å². The first kappa shape index (κ1) is 27.9. The number of ether oxygens (including phenoxy) is 2. The summed E-state index contributed by atoms with van der Waals surface area (Å²) in [6, 6.07) is 6.72. The van der Waals surface area contributed by atoms with E-state index >= 15 is 0 Å². The highest BCUT2D eigenvalue weighted by atomic mass is 32.2. The third-order valence-electron chi connectivity index (χ3n) is 6.05. The number of aromatic nitrogens is 2. The van der Waals surface area contributed by atoms with Crippen molar-refractivity contribution in [2.24, 2.45) is 0 Å². The van der Waals surface area contributed by atoms with E-state index in [0.29, 0.717) is 34.5 Å². The SMILES string of the molecule is CCC(COC(C)=O)Nc1cc(-c2cc(C(=O)OC)n(S(=O)(=O)c3c(C)cc(C)cc3C)c2)c(C)cn1. The van der Waals surface area contributed by atoms with E-state index in [4.69, 9.17) is 9.47 Å². The molecule has 3 aromatic rings. The summed E-state index contributed by atoms with van der Waals surface area (Å²) in [5, 5.41) is 3.25. The highest BCUT2D eigenvalue weighted by Gasteiger charge is 2.28. The minimum Gasteiger partial charge on any atom is -0.464 e. The molecule has 2 heterocycles. The first-order chi connectivity index (χ1) is 17.4. The van der Waals surface area contributed by atoms with Gasteiger partial charge in [-0.25, -0.2) is 22.2 Å². The van der Waals surface area contributed by atoms with Gasteiger partial charge in [0.1, 0.15) is 18.1 Å². The average molecular weight is 528 g/mol. The zero-order valence-corrected chi connectivity index (χ0v) is 23.0. The lowest BCUT2D eigenvalue weighted by atomic mass is 10.0. The van der Waals surface area contributed by atoms with Crippen molar-refractivity contribution in [3.63, 3.8) is 0 Å². The van der Waals surface area contributed by atoms with Crippen LogP contribution in [-0.4, -0.2) is 49.1 Å². The molecule has 1 unspecified atom stereocenters. The molecule has 2 aromatic heterocycles. The van der Waals surface area contributed by atoms with Gasteiger partial charge in [0.25, 0.3) is 10.0 Å². The highest BCUT2D eigenvalue weighted by molar-refractivity contribution is 7.90. The monoisotopic (exact) mass is 527 g/mol. The predicted octanol–water partition coefficient (Wildman–Crippen LogP) is 4.56. The van der Waals surface area contributed by atoms with Crippen LogP contribution in [0.2, 0.25) is 0 Å². The summed E-state index contributed by atoms with van der Waals surface area (Å²) in [4.78, 5) is 28.4. The first-order valence-electron chi connectivity index (χ1n) is 11.9. The fourth-order valence-electron chi connectivity index (χ4n) is 4.32. The number of hydrogen-bond acceptors (Lipinski definition) is 8. The molecule has 1 atom stereocenters. The number of rotatable bonds is 9. The fourth-order valence-corrected chi connectivity index (χ4v) is 6.08. The predicted molar refractivity (Wildman–Crippen MR) is 141 cm³/mol. The lowest BCUT2D eigenvalue weighted by Gasteiger charge is -2.18. The van der Waals surface area contributed by atoms with Crippen molar-refractivity contribution in [3.8, 4) is 11.1 Å². The van der Waals surface area contributed by atoms with E-state index in [-0.39, 0.29) is 29.2 Å². The summed E-state index contributed by atoms with van der Waals surface area (Å²) in [6.45, 7) is 10.7. The molecule has 3 rings (SSSR count). The van der Waals surface area contributed by atoms with E-state index in [9.17, 15) is 18.0 Å². The molecular formula is C27H33N3O6S.